The smallest absolute Gasteiger partial charge is 0.382 e. The van der Waals surface area contributed by atoms with Crippen LogP contribution in [0, 0.1) is 11.8 Å². The first-order valence-corrected chi connectivity index (χ1v) is 9.57. The Bertz CT molecular complexity index is 778. The second-order valence-electron chi connectivity index (χ2n) is 9.17. The van der Waals surface area contributed by atoms with Crippen LogP contribution in [0.25, 0.3) is 0 Å². The minimum Gasteiger partial charge on any atom is -0.472 e. The van der Waals surface area contributed by atoms with E-state index in [1.165, 1.54) is 29.5 Å². The van der Waals surface area contributed by atoms with Gasteiger partial charge in [-0.05, 0) is 59.6 Å². The Kier molecular flexibility index (Phi) is 4.69. The molecule has 3 rings (SSSR count). The third kappa shape index (κ3) is 3.16. The summed E-state index contributed by atoms with van der Waals surface area (Å²) in [5.74, 6) is 4.27. The SMILES string of the molecule is COC1(C#CC(=O)O)CCCC1c1ccc2c(c1)C(C)(C)CCC2(C)C. The van der Waals surface area contributed by atoms with Crippen LogP contribution in [-0.2, 0) is 20.4 Å². The normalized spacial score (nSPS) is 28.7. The van der Waals surface area contributed by atoms with E-state index >= 15 is 0 Å². The lowest BCUT2D eigenvalue weighted by Crippen LogP contribution is -2.35. The molecule has 0 amide bonds. The highest BCUT2D eigenvalue weighted by molar-refractivity contribution is 5.86. The van der Waals surface area contributed by atoms with Gasteiger partial charge in [-0.25, -0.2) is 4.79 Å². The number of rotatable bonds is 2. The first-order valence-electron chi connectivity index (χ1n) is 9.57. The van der Waals surface area contributed by atoms with Crippen molar-refractivity contribution in [2.24, 2.45) is 0 Å². The van der Waals surface area contributed by atoms with Gasteiger partial charge in [-0.2, -0.15) is 0 Å². The van der Waals surface area contributed by atoms with Gasteiger partial charge in [0.25, 0.3) is 0 Å². The van der Waals surface area contributed by atoms with Crippen molar-refractivity contribution in [2.45, 2.75) is 82.1 Å². The van der Waals surface area contributed by atoms with E-state index in [1.807, 2.05) is 0 Å². The molecule has 3 heteroatoms. The molecule has 1 saturated carbocycles. The summed E-state index contributed by atoms with van der Waals surface area (Å²) in [7, 11) is 1.65. The van der Waals surface area contributed by atoms with Gasteiger partial charge >= 0.3 is 5.97 Å². The highest BCUT2D eigenvalue weighted by Gasteiger charge is 2.44. The molecule has 2 unspecified atom stereocenters. The van der Waals surface area contributed by atoms with Crippen LogP contribution in [-0.4, -0.2) is 23.8 Å². The van der Waals surface area contributed by atoms with Crippen LogP contribution in [0.1, 0.15) is 82.4 Å². The molecule has 1 fully saturated rings. The third-order valence-electron chi connectivity index (χ3n) is 6.63. The topological polar surface area (TPSA) is 46.5 Å². The van der Waals surface area contributed by atoms with Crippen molar-refractivity contribution in [2.75, 3.05) is 7.11 Å². The van der Waals surface area contributed by atoms with Crippen molar-refractivity contribution in [3.8, 4) is 11.8 Å². The number of hydrogen-bond donors (Lipinski definition) is 1. The predicted molar refractivity (Wildman–Crippen MR) is 103 cm³/mol. The van der Waals surface area contributed by atoms with E-state index in [1.54, 1.807) is 7.11 Å². The van der Waals surface area contributed by atoms with E-state index in [-0.39, 0.29) is 16.7 Å². The van der Waals surface area contributed by atoms with Crippen molar-refractivity contribution in [1.82, 2.24) is 0 Å². The highest BCUT2D eigenvalue weighted by atomic mass is 16.5. The Balaban J connectivity index is 2.08. The van der Waals surface area contributed by atoms with Gasteiger partial charge in [0.15, 0.2) is 0 Å². The summed E-state index contributed by atoms with van der Waals surface area (Å²) in [4.78, 5) is 11.0. The molecular weight excluding hydrogens is 324 g/mol. The number of carboxylic acids is 1. The summed E-state index contributed by atoms with van der Waals surface area (Å²) in [5, 5.41) is 9.00. The van der Waals surface area contributed by atoms with Crippen LogP contribution in [0.2, 0.25) is 0 Å². The molecule has 0 saturated heterocycles. The van der Waals surface area contributed by atoms with Crippen molar-refractivity contribution in [1.29, 1.82) is 0 Å². The Hall–Kier alpha value is -1.79. The molecule has 0 radical (unpaired) electrons. The molecule has 26 heavy (non-hydrogen) atoms. The van der Waals surface area contributed by atoms with Gasteiger partial charge in [-0.1, -0.05) is 51.8 Å². The van der Waals surface area contributed by atoms with Crippen LogP contribution in [0.3, 0.4) is 0 Å². The zero-order valence-electron chi connectivity index (χ0n) is 16.6. The van der Waals surface area contributed by atoms with Gasteiger partial charge < -0.3 is 9.84 Å². The highest BCUT2D eigenvalue weighted by Crippen LogP contribution is 2.49. The second-order valence-corrected chi connectivity index (χ2v) is 9.17. The van der Waals surface area contributed by atoms with Crippen molar-refractivity contribution in [3.63, 3.8) is 0 Å². The molecular formula is C23H30O3. The van der Waals surface area contributed by atoms with Crippen LogP contribution >= 0.6 is 0 Å². The minimum absolute atomic E-state index is 0.116. The molecule has 0 aromatic heterocycles. The average Bonchev–Trinajstić information content (AvgIpc) is 3.01. The summed E-state index contributed by atoms with van der Waals surface area (Å²) < 4.78 is 5.82. The number of fused-ring (bicyclic) bond motifs is 1. The summed E-state index contributed by atoms with van der Waals surface area (Å²) in [6.45, 7) is 9.31. The zero-order chi connectivity index (χ0) is 19.2. The second kappa shape index (κ2) is 6.43. The van der Waals surface area contributed by atoms with Gasteiger partial charge in [0, 0.05) is 18.9 Å². The lowest BCUT2D eigenvalue weighted by atomic mass is 9.62. The minimum atomic E-state index is -1.10. The van der Waals surface area contributed by atoms with Gasteiger partial charge in [0.2, 0.25) is 0 Å². The monoisotopic (exact) mass is 354 g/mol. The van der Waals surface area contributed by atoms with Crippen molar-refractivity contribution < 1.29 is 14.6 Å². The molecule has 0 bridgehead atoms. The number of carbonyl (C=O) groups is 1. The lowest BCUT2D eigenvalue weighted by molar-refractivity contribution is -0.130. The lowest BCUT2D eigenvalue weighted by Gasteiger charge is -2.42. The van der Waals surface area contributed by atoms with E-state index in [0.717, 1.165) is 19.3 Å². The molecule has 0 aliphatic heterocycles. The van der Waals surface area contributed by atoms with E-state index in [9.17, 15) is 4.79 Å². The summed E-state index contributed by atoms with van der Waals surface area (Å²) in [6, 6.07) is 6.85. The molecule has 0 heterocycles. The number of ether oxygens (including phenoxy) is 1. The number of carboxylic acid groups (broad SMARTS) is 1. The van der Waals surface area contributed by atoms with E-state index in [0.29, 0.717) is 0 Å². The van der Waals surface area contributed by atoms with Crippen molar-refractivity contribution >= 4 is 5.97 Å². The van der Waals surface area contributed by atoms with Gasteiger partial charge in [0.05, 0.1) is 0 Å². The fraction of sp³-hybridized carbons (Fsp3) is 0.609. The molecule has 0 spiro atoms. The maximum absolute atomic E-state index is 11.0. The standard InChI is InChI=1S/C23H30O3/c1-21(2)13-14-22(3,4)19-15-16(8-9-18(19)21)17-7-6-11-23(17,26-5)12-10-20(24)25/h8-9,15,17H,6-7,11,13-14H2,1-5H3,(H,24,25). The van der Waals surface area contributed by atoms with E-state index < -0.39 is 11.6 Å². The number of aliphatic carboxylic acids is 1. The van der Waals surface area contributed by atoms with E-state index in [4.69, 9.17) is 9.84 Å². The third-order valence-corrected chi connectivity index (χ3v) is 6.63. The molecule has 2 atom stereocenters. The number of methoxy groups -OCH3 is 1. The zero-order valence-corrected chi connectivity index (χ0v) is 16.6. The van der Waals surface area contributed by atoms with Gasteiger partial charge in [0.1, 0.15) is 5.60 Å². The van der Waals surface area contributed by atoms with E-state index in [2.05, 4.69) is 57.7 Å². The summed E-state index contributed by atoms with van der Waals surface area (Å²) in [6.07, 6.45) is 5.13. The average molecular weight is 354 g/mol. The number of benzene rings is 1. The molecule has 1 N–H and O–H groups in total. The van der Waals surface area contributed by atoms with Crippen LogP contribution in [0.4, 0.5) is 0 Å². The molecule has 1 aromatic rings. The Morgan fingerprint density at radius 1 is 1.12 bits per heavy atom. The molecule has 2 aliphatic rings. The van der Waals surface area contributed by atoms with Gasteiger partial charge in [-0.3, -0.25) is 0 Å². The Labute approximate surface area is 157 Å². The summed E-state index contributed by atoms with van der Waals surface area (Å²) in [5.41, 5.74) is 3.75. The van der Waals surface area contributed by atoms with Crippen LogP contribution in [0.5, 0.6) is 0 Å². The molecule has 2 aliphatic carbocycles. The predicted octanol–water partition coefficient (Wildman–Crippen LogP) is 4.78. The molecule has 140 valence electrons. The number of hydrogen-bond acceptors (Lipinski definition) is 2. The fourth-order valence-electron chi connectivity index (χ4n) is 4.84. The van der Waals surface area contributed by atoms with Gasteiger partial charge in [-0.15, -0.1) is 0 Å². The Morgan fingerprint density at radius 2 is 1.77 bits per heavy atom. The Morgan fingerprint density at radius 3 is 2.38 bits per heavy atom. The van der Waals surface area contributed by atoms with Crippen molar-refractivity contribution in [3.05, 3.63) is 34.9 Å². The quantitative estimate of drug-likeness (QED) is 0.778. The first kappa shape index (κ1) is 19.0. The first-order chi connectivity index (χ1) is 12.1. The molecule has 1 aromatic carbocycles. The summed E-state index contributed by atoms with van der Waals surface area (Å²) >= 11 is 0. The van der Waals surface area contributed by atoms with Crippen LogP contribution in [0.15, 0.2) is 18.2 Å². The largest absolute Gasteiger partial charge is 0.472 e. The fourth-order valence-corrected chi connectivity index (χ4v) is 4.84. The molecule has 3 nitrogen and oxygen atoms in total. The van der Waals surface area contributed by atoms with Crippen LogP contribution < -0.4 is 0 Å². The maximum Gasteiger partial charge on any atom is 0.382 e. The maximum atomic E-state index is 11.0.